The van der Waals surface area contributed by atoms with Crippen molar-refractivity contribution in [2.24, 2.45) is 7.05 Å². The Morgan fingerprint density at radius 3 is 2.07 bits per heavy atom. The summed E-state index contributed by atoms with van der Waals surface area (Å²) in [5.41, 5.74) is 2.20. The lowest BCUT2D eigenvalue weighted by molar-refractivity contribution is -2.00. The van der Waals surface area contributed by atoms with Gasteiger partial charge in [0, 0.05) is 5.56 Å². The quantitative estimate of drug-likeness (QED) is 0.445. The molecule has 0 spiro atoms. The lowest BCUT2D eigenvalue weighted by Gasteiger charge is -2.17. The van der Waals surface area contributed by atoms with Crippen LogP contribution in [0.4, 0.5) is 0 Å². The van der Waals surface area contributed by atoms with Crippen LogP contribution in [-0.2, 0) is 7.05 Å². The fraction of sp³-hybridized carbons (Fsp3) is 0.0500. The van der Waals surface area contributed by atoms with Crippen LogP contribution in [0, 0.1) is 10.2 Å². The van der Waals surface area contributed by atoms with E-state index in [4.69, 9.17) is 23.1 Å². The third-order valence-electron chi connectivity index (χ3n) is 3.92. The van der Waals surface area contributed by atoms with Crippen molar-refractivity contribution in [2.75, 3.05) is 0 Å². The van der Waals surface area contributed by atoms with Crippen LogP contribution >= 0.6 is 0 Å². The Kier molecular flexibility index (Phi) is 5.55. The van der Waals surface area contributed by atoms with Crippen molar-refractivity contribution in [3.63, 3.8) is 0 Å². The molecule has 1 heterocycles. The van der Waals surface area contributed by atoms with Gasteiger partial charge in [-0.05, 0) is 16.8 Å². The molecule has 0 saturated heterocycles. The van der Waals surface area contributed by atoms with E-state index in [9.17, 15) is 0 Å². The van der Waals surface area contributed by atoms with Gasteiger partial charge in [0.15, 0.2) is 0 Å². The fourth-order valence-electron chi connectivity index (χ4n) is 2.83. The molecule has 0 aliphatic carbocycles. The second-order valence-corrected chi connectivity index (χ2v) is 6.54. The van der Waals surface area contributed by atoms with Gasteiger partial charge in [-0.3, -0.25) is 0 Å². The Hall–Kier alpha value is -2.74. The molecule has 0 unspecified atom stereocenters. The number of hydrogen-bond acceptors (Lipinski definition) is 5. The normalized spacial score (nSPS) is 11.1. The van der Waals surface area contributed by atoms with E-state index in [-0.39, 0.29) is 0 Å². The topological polar surface area (TPSA) is 109 Å². The first kappa shape index (κ1) is 19.0. The van der Waals surface area contributed by atoms with Gasteiger partial charge < -0.3 is 4.42 Å². The minimum Gasteiger partial charge on any atom is -0.398 e. The van der Waals surface area contributed by atoms with E-state index in [0.717, 1.165) is 22.8 Å². The molecule has 0 amide bonds. The van der Waals surface area contributed by atoms with Gasteiger partial charge in [-0.25, -0.2) is 18.6 Å². The van der Waals surface area contributed by atoms with Crippen LogP contribution in [0.1, 0.15) is 0 Å². The molecule has 4 rings (SSSR count). The van der Waals surface area contributed by atoms with Crippen LogP contribution in [0.5, 0.6) is 0 Å². The smallest absolute Gasteiger partial charge is 0.381 e. The second-order valence-electron chi connectivity index (χ2n) is 5.78. The van der Waals surface area contributed by atoms with Crippen molar-refractivity contribution >= 4 is 10.8 Å². The van der Waals surface area contributed by atoms with Gasteiger partial charge >= 0.3 is 5.89 Å². The van der Waals surface area contributed by atoms with E-state index >= 15 is 0 Å². The molecule has 0 bridgehead atoms. The maximum Gasteiger partial charge on any atom is 0.381 e. The number of halogens is 1. The number of benzene rings is 3. The maximum absolute atomic E-state index is 8.49. The summed E-state index contributed by atoms with van der Waals surface area (Å²) >= 11 is 0. The molecule has 27 heavy (non-hydrogen) atoms. The zero-order valence-electron chi connectivity index (χ0n) is 14.4. The Morgan fingerprint density at radius 1 is 0.778 bits per heavy atom. The number of oxazole rings is 1. The van der Waals surface area contributed by atoms with Crippen LogP contribution in [0.2, 0.25) is 0 Å². The van der Waals surface area contributed by atoms with Crippen molar-refractivity contribution in [3.8, 4) is 22.8 Å². The van der Waals surface area contributed by atoms with Crippen molar-refractivity contribution in [2.45, 2.75) is 0 Å². The summed E-state index contributed by atoms with van der Waals surface area (Å²) in [5.74, 6) is 1.75. The molecule has 0 radical (unpaired) electrons. The Morgan fingerprint density at radius 2 is 1.37 bits per heavy atom. The first-order valence-electron chi connectivity index (χ1n) is 7.98. The monoisotopic (exact) mass is 385 g/mol. The maximum atomic E-state index is 8.49. The molecule has 0 saturated carbocycles. The number of hydrogen-bond donors (Lipinski definition) is 0. The fourth-order valence-corrected chi connectivity index (χ4v) is 2.83. The van der Waals surface area contributed by atoms with E-state index in [1.807, 2.05) is 36.0 Å². The second kappa shape index (κ2) is 7.87. The largest absolute Gasteiger partial charge is 0.398 e. The molecule has 3 aromatic carbocycles. The third-order valence-corrected chi connectivity index (χ3v) is 3.92. The van der Waals surface area contributed by atoms with Gasteiger partial charge in [0.25, 0.3) is 0 Å². The van der Waals surface area contributed by atoms with Gasteiger partial charge in [0.2, 0.25) is 12.0 Å². The summed E-state index contributed by atoms with van der Waals surface area (Å²) in [6, 6.07) is 24.9. The predicted octanol–water partition coefficient (Wildman–Crippen LogP) is -0.165. The van der Waals surface area contributed by atoms with Gasteiger partial charge in [-0.2, -0.15) is 4.57 Å². The van der Waals surface area contributed by atoms with E-state index < -0.39 is 10.2 Å². The number of rotatable bonds is 2. The molecular weight excluding hydrogens is 370 g/mol. The molecule has 7 heteroatoms. The third kappa shape index (κ3) is 4.91. The number of nitrogens with zero attached hydrogens (tertiary/aromatic N) is 1. The highest BCUT2D eigenvalue weighted by Crippen LogP contribution is 2.29. The lowest BCUT2D eigenvalue weighted by atomic mass is 10.0. The molecule has 4 aromatic rings. The molecule has 0 aliphatic rings. The average molecular weight is 386 g/mol. The minimum absolute atomic E-state index is 0.871. The highest BCUT2D eigenvalue weighted by molar-refractivity contribution is 5.94. The van der Waals surface area contributed by atoms with Crippen LogP contribution in [0.25, 0.3) is 33.6 Å². The number of aryl methyl sites for hydroxylation is 1. The predicted molar refractivity (Wildman–Crippen MR) is 88.3 cm³/mol. The first-order valence-corrected chi connectivity index (χ1v) is 9.21. The summed E-state index contributed by atoms with van der Waals surface area (Å²) in [7, 11) is -2.92. The molecule has 0 atom stereocenters. The summed E-state index contributed by atoms with van der Waals surface area (Å²) < 4.78 is 42.2. The van der Waals surface area contributed by atoms with Crippen LogP contribution in [-0.4, -0.2) is 0 Å². The van der Waals surface area contributed by atoms with Crippen molar-refractivity contribution in [1.29, 1.82) is 0 Å². The van der Waals surface area contributed by atoms with Crippen molar-refractivity contribution < 1.29 is 37.9 Å². The summed E-state index contributed by atoms with van der Waals surface area (Å²) in [6.45, 7) is 0. The highest BCUT2D eigenvalue weighted by Gasteiger charge is 2.20. The average Bonchev–Trinajstić information content (AvgIpc) is 3.02. The summed E-state index contributed by atoms with van der Waals surface area (Å²) in [5, 5.41) is 2.42. The molecule has 1 aromatic heterocycles. The number of fused-ring (bicyclic) bond motifs is 1. The van der Waals surface area contributed by atoms with E-state index in [0.29, 0.717) is 0 Å². The lowest BCUT2D eigenvalue weighted by Crippen LogP contribution is -2.68. The molecule has 0 fully saturated rings. The highest BCUT2D eigenvalue weighted by atomic mass is 35.7. The molecule has 138 valence electrons. The summed E-state index contributed by atoms with van der Waals surface area (Å²) in [4.78, 5) is 0. The van der Waals surface area contributed by atoms with E-state index in [2.05, 4.69) is 54.6 Å². The molecular formula is C20H16ClNO5. The van der Waals surface area contributed by atoms with Crippen molar-refractivity contribution in [3.05, 3.63) is 79.0 Å². The molecule has 0 aliphatic heterocycles. The van der Waals surface area contributed by atoms with Crippen molar-refractivity contribution in [1.82, 2.24) is 0 Å². The van der Waals surface area contributed by atoms with Gasteiger partial charge in [0.05, 0.1) is 5.56 Å². The Balaban J connectivity index is 0.000000376. The number of aromatic nitrogens is 1. The first-order chi connectivity index (χ1) is 12.8. The SMILES string of the molecule is C[n+]1cc(-c2ccccc2)oc1-c1cccc2ccccc12.[O-][Cl+3]([O-])([O-])[O-]. The van der Waals surface area contributed by atoms with Gasteiger partial charge in [-0.1, -0.05) is 66.7 Å². The standard InChI is InChI=1S/C20H16NO.ClHO4/c1-21-14-19(16-9-3-2-4-10-16)22-20(21)18-13-7-11-15-8-5-6-12-17(15)18;2-1(3,4)5/h2-14H,1H3;(H,2,3,4,5)/q+1;/p-1. The zero-order valence-corrected chi connectivity index (χ0v) is 15.1. The van der Waals surface area contributed by atoms with Crippen LogP contribution in [0.15, 0.2) is 83.4 Å². The minimum atomic E-state index is -4.94. The Labute approximate surface area is 157 Å². The van der Waals surface area contributed by atoms with Gasteiger partial charge in [0.1, 0.15) is 7.05 Å². The van der Waals surface area contributed by atoms with Crippen LogP contribution < -0.4 is 23.2 Å². The molecule has 6 nitrogen and oxygen atoms in total. The van der Waals surface area contributed by atoms with E-state index in [1.54, 1.807) is 0 Å². The molecule has 0 N–H and O–H groups in total. The van der Waals surface area contributed by atoms with Crippen LogP contribution in [0.3, 0.4) is 0 Å². The van der Waals surface area contributed by atoms with E-state index in [1.165, 1.54) is 10.8 Å². The Bertz CT molecular complexity index is 1030. The summed E-state index contributed by atoms with van der Waals surface area (Å²) in [6.07, 6.45) is 2.03. The van der Waals surface area contributed by atoms with Gasteiger partial charge in [-0.15, -0.1) is 10.2 Å². The zero-order chi connectivity index (χ0) is 19.4.